The molecule has 0 aliphatic carbocycles. The first-order chi connectivity index (χ1) is 10.3. The van der Waals surface area contributed by atoms with Crippen LogP contribution in [0.4, 0.5) is 4.39 Å². The van der Waals surface area contributed by atoms with E-state index in [0.717, 1.165) is 23.4 Å². The minimum absolute atomic E-state index is 0.0351. The van der Waals surface area contributed by atoms with Gasteiger partial charge in [-0.3, -0.25) is 0 Å². The predicted molar refractivity (Wildman–Crippen MR) is 88.8 cm³/mol. The molecular formula is C18H21ClFNO. The van der Waals surface area contributed by atoms with Gasteiger partial charge in [-0.25, -0.2) is 4.39 Å². The Morgan fingerprint density at radius 2 is 1.82 bits per heavy atom. The largest absolute Gasteiger partial charge is 0.489 e. The molecule has 0 aliphatic heterocycles. The van der Waals surface area contributed by atoms with E-state index in [4.69, 9.17) is 16.3 Å². The van der Waals surface area contributed by atoms with Crippen LogP contribution in [0.15, 0.2) is 42.5 Å². The van der Waals surface area contributed by atoms with Crippen LogP contribution in [-0.2, 0) is 13.2 Å². The van der Waals surface area contributed by atoms with Gasteiger partial charge < -0.3 is 10.1 Å². The van der Waals surface area contributed by atoms with Crippen LogP contribution in [0.5, 0.6) is 5.75 Å². The fourth-order valence-electron chi connectivity index (χ4n) is 1.95. The Bertz CT molecular complexity index is 637. The van der Waals surface area contributed by atoms with Crippen molar-refractivity contribution in [3.05, 3.63) is 64.4 Å². The molecule has 2 aromatic carbocycles. The molecule has 0 spiro atoms. The molecule has 2 nitrogen and oxygen atoms in total. The molecule has 22 heavy (non-hydrogen) atoms. The van der Waals surface area contributed by atoms with Crippen molar-refractivity contribution >= 4 is 11.6 Å². The third kappa shape index (κ3) is 5.00. The highest BCUT2D eigenvalue weighted by molar-refractivity contribution is 6.31. The van der Waals surface area contributed by atoms with Crippen molar-refractivity contribution in [3.8, 4) is 5.75 Å². The van der Waals surface area contributed by atoms with E-state index in [1.807, 2.05) is 24.3 Å². The molecule has 0 radical (unpaired) electrons. The molecule has 0 unspecified atom stereocenters. The van der Waals surface area contributed by atoms with Gasteiger partial charge in [0.15, 0.2) is 0 Å². The third-order valence-electron chi connectivity index (χ3n) is 3.18. The molecule has 0 amide bonds. The number of ether oxygens (including phenoxy) is 1. The number of hydrogen-bond donors (Lipinski definition) is 1. The fraction of sp³-hybridized carbons (Fsp3) is 0.333. The minimum Gasteiger partial charge on any atom is -0.489 e. The van der Waals surface area contributed by atoms with Gasteiger partial charge in [0.05, 0.1) is 5.02 Å². The van der Waals surface area contributed by atoms with Crippen LogP contribution in [0, 0.1) is 5.82 Å². The van der Waals surface area contributed by atoms with Crippen molar-refractivity contribution in [3.63, 3.8) is 0 Å². The summed E-state index contributed by atoms with van der Waals surface area (Å²) in [4.78, 5) is 0. The van der Waals surface area contributed by atoms with Crippen LogP contribution in [-0.4, -0.2) is 5.54 Å². The van der Waals surface area contributed by atoms with Gasteiger partial charge in [0.2, 0.25) is 0 Å². The van der Waals surface area contributed by atoms with Crippen molar-refractivity contribution < 1.29 is 9.13 Å². The van der Waals surface area contributed by atoms with E-state index in [-0.39, 0.29) is 11.4 Å². The Labute approximate surface area is 136 Å². The maximum atomic E-state index is 13.1. The summed E-state index contributed by atoms with van der Waals surface area (Å²) in [5.41, 5.74) is 1.88. The molecule has 0 saturated carbocycles. The quantitative estimate of drug-likeness (QED) is 0.841. The van der Waals surface area contributed by atoms with E-state index in [9.17, 15) is 4.39 Å². The number of rotatable bonds is 5. The van der Waals surface area contributed by atoms with Crippen LogP contribution in [0.1, 0.15) is 31.9 Å². The van der Waals surface area contributed by atoms with Crippen LogP contribution in [0.25, 0.3) is 0 Å². The summed E-state index contributed by atoms with van der Waals surface area (Å²) in [6, 6.07) is 12.2. The molecule has 118 valence electrons. The predicted octanol–water partition coefficient (Wildman–Crippen LogP) is 4.95. The van der Waals surface area contributed by atoms with Crippen molar-refractivity contribution in [2.45, 2.75) is 39.5 Å². The molecule has 0 heterocycles. The average Bonchev–Trinajstić information content (AvgIpc) is 2.44. The number of nitrogens with one attached hydrogen (secondary N) is 1. The van der Waals surface area contributed by atoms with Crippen molar-refractivity contribution in [1.82, 2.24) is 5.32 Å². The van der Waals surface area contributed by atoms with Gasteiger partial charge in [-0.1, -0.05) is 35.9 Å². The molecule has 1 N–H and O–H groups in total. The Morgan fingerprint density at radius 3 is 2.50 bits per heavy atom. The molecule has 0 fully saturated rings. The summed E-state index contributed by atoms with van der Waals surface area (Å²) < 4.78 is 18.9. The highest BCUT2D eigenvalue weighted by atomic mass is 35.5. The SMILES string of the molecule is CC(C)(C)NCc1ccccc1OCc1ccc(F)cc1Cl. The zero-order chi connectivity index (χ0) is 16.2. The lowest BCUT2D eigenvalue weighted by Gasteiger charge is -2.21. The molecule has 4 heteroatoms. The van der Waals surface area contributed by atoms with E-state index < -0.39 is 0 Å². The van der Waals surface area contributed by atoms with E-state index in [0.29, 0.717) is 11.6 Å². The summed E-state index contributed by atoms with van der Waals surface area (Å²) in [6.07, 6.45) is 0. The zero-order valence-corrected chi connectivity index (χ0v) is 13.9. The highest BCUT2D eigenvalue weighted by Gasteiger charge is 2.11. The first-order valence-corrected chi connectivity index (χ1v) is 7.62. The second kappa shape index (κ2) is 7.12. The Balaban J connectivity index is 2.06. The van der Waals surface area contributed by atoms with E-state index >= 15 is 0 Å². The van der Waals surface area contributed by atoms with E-state index in [1.165, 1.54) is 12.1 Å². The standard InChI is InChI=1S/C18H21ClFNO/c1-18(2,3)21-11-13-6-4-5-7-17(13)22-12-14-8-9-15(20)10-16(14)19/h4-10,21H,11-12H2,1-3H3. The molecular weight excluding hydrogens is 301 g/mol. The van der Waals surface area contributed by atoms with Crippen LogP contribution >= 0.6 is 11.6 Å². The Hall–Kier alpha value is -1.58. The number of benzene rings is 2. The Kier molecular flexibility index (Phi) is 5.43. The van der Waals surface area contributed by atoms with Gasteiger partial charge in [-0.15, -0.1) is 0 Å². The molecule has 2 rings (SSSR count). The average molecular weight is 322 g/mol. The first kappa shape index (κ1) is 16.8. The van der Waals surface area contributed by atoms with Gasteiger partial charge in [-0.05, 0) is 39.0 Å². The van der Waals surface area contributed by atoms with Gasteiger partial charge >= 0.3 is 0 Å². The topological polar surface area (TPSA) is 21.3 Å². The maximum Gasteiger partial charge on any atom is 0.124 e. The van der Waals surface area contributed by atoms with Crippen molar-refractivity contribution in [2.24, 2.45) is 0 Å². The second-order valence-electron chi connectivity index (χ2n) is 6.24. The van der Waals surface area contributed by atoms with Crippen LogP contribution in [0.3, 0.4) is 0 Å². The van der Waals surface area contributed by atoms with Gasteiger partial charge in [0.1, 0.15) is 18.2 Å². The van der Waals surface area contributed by atoms with Crippen LogP contribution < -0.4 is 10.1 Å². The molecule has 0 aromatic heterocycles. The third-order valence-corrected chi connectivity index (χ3v) is 3.53. The lowest BCUT2D eigenvalue weighted by molar-refractivity contribution is 0.300. The summed E-state index contributed by atoms with van der Waals surface area (Å²) in [7, 11) is 0. The molecule has 0 atom stereocenters. The molecule has 0 saturated heterocycles. The number of halogens is 2. The van der Waals surface area contributed by atoms with Crippen molar-refractivity contribution in [1.29, 1.82) is 0 Å². The fourth-order valence-corrected chi connectivity index (χ4v) is 2.17. The second-order valence-corrected chi connectivity index (χ2v) is 6.64. The summed E-state index contributed by atoms with van der Waals surface area (Å²) in [5.74, 6) is 0.461. The summed E-state index contributed by atoms with van der Waals surface area (Å²) in [6.45, 7) is 7.39. The zero-order valence-electron chi connectivity index (χ0n) is 13.1. The summed E-state index contributed by atoms with van der Waals surface area (Å²) >= 11 is 6.02. The maximum absolute atomic E-state index is 13.1. The first-order valence-electron chi connectivity index (χ1n) is 7.25. The molecule has 2 aromatic rings. The highest BCUT2D eigenvalue weighted by Crippen LogP contribution is 2.23. The monoisotopic (exact) mass is 321 g/mol. The molecule has 0 bridgehead atoms. The van der Waals surface area contributed by atoms with Crippen LogP contribution in [0.2, 0.25) is 5.02 Å². The molecule has 0 aliphatic rings. The minimum atomic E-state index is -0.344. The normalized spacial score (nSPS) is 11.5. The lowest BCUT2D eigenvalue weighted by atomic mass is 10.1. The van der Waals surface area contributed by atoms with Gasteiger partial charge in [0, 0.05) is 23.2 Å². The van der Waals surface area contributed by atoms with Gasteiger partial charge in [0.25, 0.3) is 0 Å². The van der Waals surface area contributed by atoms with E-state index in [1.54, 1.807) is 6.07 Å². The lowest BCUT2D eigenvalue weighted by Crippen LogP contribution is -2.35. The summed E-state index contributed by atoms with van der Waals surface area (Å²) in [5, 5.41) is 3.82. The van der Waals surface area contributed by atoms with E-state index in [2.05, 4.69) is 26.1 Å². The smallest absolute Gasteiger partial charge is 0.124 e. The Morgan fingerprint density at radius 1 is 1.09 bits per heavy atom. The number of para-hydroxylation sites is 1. The van der Waals surface area contributed by atoms with Gasteiger partial charge in [-0.2, -0.15) is 0 Å². The van der Waals surface area contributed by atoms with Crippen molar-refractivity contribution in [2.75, 3.05) is 0 Å². The number of hydrogen-bond acceptors (Lipinski definition) is 2.